The molecule has 1 aliphatic rings. The highest BCUT2D eigenvalue weighted by atomic mass is 16.5. The molecule has 0 radical (unpaired) electrons. The summed E-state index contributed by atoms with van der Waals surface area (Å²) >= 11 is 0. The molecule has 1 N–H and O–H groups in total. The Labute approximate surface area is 164 Å². The molecule has 6 heteroatoms. The number of ether oxygens (including phenoxy) is 2. The zero-order valence-electron chi connectivity index (χ0n) is 16.5. The highest BCUT2D eigenvalue weighted by Crippen LogP contribution is 2.33. The van der Waals surface area contributed by atoms with Crippen LogP contribution in [0.25, 0.3) is 5.57 Å². The van der Waals surface area contributed by atoms with Crippen LogP contribution >= 0.6 is 0 Å². The van der Waals surface area contributed by atoms with Crippen molar-refractivity contribution in [1.29, 1.82) is 0 Å². The van der Waals surface area contributed by atoms with Gasteiger partial charge in [0.15, 0.2) is 0 Å². The zero-order valence-corrected chi connectivity index (χ0v) is 16.5. The number of imide groups is 1. The third-order valence-electron chi connectivity index (χ3n) is 4.52. The highest BCUT2D eigenvalue weighted by Gasteiger charge is 2.37. The molecule has 0 atom stereocenters. The Bertz CT molecular complexity index is 932. The maximum atomic E-state index is 12.7. The number of nitrogens with zero attached hydrogens (tertiary/aromatic N) is 1. The molecule has 146 valence electrons. The van der Waals surface area contributed by atoms with Crippen molar-refractivity contribution in [2.75, 3.05) is 26.1 Å². The zero-order chi connectivity index (χ0) is 20.3. The van der Waals surface area contributed by atoms with Gasteiger partial charge in [0.2, 0.25) is 0 Å². The molecular weight excluding hydrogens is 356 g/mol. The summed E-state index contributed by atoms with van der Waals surface area (Å²) in [5.41, 5.74) is 2.86. The van der Waals surface area contributed by atoms with Crippen LogP contribution in [-0.2, 0) is 9.59 Å². The fourth-order valence-electron chi connectivity index (χ4n) is 3.02. The van der Waals surface area contributed by atoms with E-state index < -0.39 is 0 Å². The second kappa shape index (κ2) is 8.17. The molecule has 1 heterocycles. The van der Waals surface area contributed by atoms with Crippen LogP contribution in [0.5, 0.6) is 11.5 Å². The van der Waals surface area contributed by atoms with Crippen molar-refractivity contribution < 1.29 is 19.1 Å². The average molecular weight is 380 g/mol. The predicted octanol–water partition coefficient (Wildman–Crippen LogP) is 3.61. The second-order valence-corrected chi connectivity index (χ2v) is 6.62. The summed E-state index contributed by atoms with van der Waals surface area (Å²) in [5.74, 6) is 0.595. The number of benzene rings is 2. The standard InChI is InChI=1S/C22H24N2O4/c1-5-12-28-16-9-7-15(8-10-16)19-20(22(26)24(3)21(19)25)23-17-13-14(2)6-11-18(17)27-4/h6-11,13,23H,5,12H2,1-4H3. The van der Waals surface area contributed by atoms with Crippen LogP contribution in [0.1, 0.15) is 24.5 Å². The second-order valence-electron chi connectivity index (χ2n) is 6.62. The molecule has 2 amide bonds. The summed E-state index contributed by atoms with van der Waals surface area (Å²) in [6.07, 6.45) is 0.914. The van der Waals surface area contributed by atoms with E-state index in [-0.39, 0.29) is 17.5 Å². The monoisotopic (exact) mass is 380 g/mol. The van der Waals surface area contributed by atoms with Gasteiger partial charge in [0.05, 0.1) is 25.0 Å². The number of anilines is 1. The first-order valence-corrected chi connectivity index (χ1v) is 9.17. The number of amides is 2. The number of rotatable bonds is 7. The number of carbonyl (C=O) groups is 2. The molecule has 0 saturated heterocycles. The van der Waals surface area contributed by atoms with Gasteiger partial charge in [-0.15, -0.1) is 0 Å². The van der Waals surface area contributed by atoms with Gasteiger partial charge in [-0.25, -0.2) is 0 Å². The first kappa shape index (κ1) is 19.5. The maximum Gasteiger partial charge on any atom is 0.277 e. The Kier molecular flexibility index (Phi) is 5.68. The van der Waals surface area contributed by atoms with Gasteiger partial charge >= 0.3 is 0 Å². The van der Waals surface area contributed by atoms with Gasteiger partial charge in [-0.2, -0.15) is 0 Å². The number of carbonyl (C=O) groups excluding carboxylic acids is 2. The predicted molar refractivity (Wildman–Crippen MR) is 108 cm³/mol. The lowest BCUT2D eigenvalue weighted by atomic mass is 10.0. The number of hydrogen-bond acceptors (Lipinski definition) is 5. The normalized spacial score (nSPS) is 13.9. The van der Waals surface area contributed by atoms with Crippen LogP contribution in [0.2, 0.25) is 0 Å². The average Bonchev–Trinajstić information content (AvgIpc) is 2.91. The minimum Gasteiger partial charge on any atom is -0.495 e. The van der Waals surface area contributed by atoms with E-state index in [1.807, 2.05) is 32.0 Å². The first-order chi connectivity index (χ1) is 13.5. The minimum atomic E-state index is -0.380. The van der Waals surface area contributed by atoms with E-state index in [0.717, 1.165) is 22.6 Å². The summed E-state index contributed by atoms with van der Waals surface area (Å²) in [6.45, 7) is 4.61. The fraction of sp³-hybridized carbons (Fsp3) is 0.273. The lowest BCUT2D eigenvalue weighted by Crippen LogP contribution is -2.28. The molecule has 0 bridgehead atoms. The van der Waals surface area contributed by atoms with E-state index >= 15 is 0 Å². The quantitative estimate of drug-likeness (QED) is 0.743. The molecule has 3 rings (SSSR count). The van der Waals surface area contributed by atoms with Gasteiger partial charge in [-0.1, -0.05) is 25.1 Å². The van der Waals surface area contributed by atoms with Gasteiger partial charge in [0, 0.05) is 7.05 Å². The summed E-state index contributed by atoms with van der Waals surface area (Å²) < 4.78 is 11.0. The van der Waals surface area contributed by atoms with E-state index in [0.29, 0.717) is 29.2 Å². The molecule has 0 aliphatic carbocycles. The lowest BCUT2D eigenvalue weighted by Gasteiger charge is -2.13. The van der Waals surface area contributed by atoms with Crippen molar-refractivity contribution >= 4 is 23.1 Å². The maximum absolute atomic E-state index is 12.7. The molecule has 2 aromatic carbocycles. The van der Waals surface area contributed by atoms with Crippen molar-refractivity contribution in [3.63, 3.8) is 0 Å². The van der Waals surface area contributed by atoms with Crippen molar-refractivity contribution in [1.82, 2.24) is 4.90 Å². The minimum absolute atomic E-state index is 0.235. The molecule has 6 nitrogen and oxygen atoms in total. The van der Waals surface area contributed by atoms with E-state index in [2.05, 4.69) is 5.32 Å². The van der Waals surface area contributed by atoms with E-state index in [4.69, 9.17) is 9.47 Å². The van der Waals surface area contributed by atoms with E-state index in [1.54, 1.807) is 31.4 Å². The Morgan fingerprint density at radius 1 is 1.04 bits per heavy atom. The van der Waals surface area contributed by atoms with E-state index in [1.165, 1.54) is 7.05 Å². The number of aryl methyl sites for hydroxylation is 1. The van der Waals surface area contributed by atoms with E-state index in [9.17, 15) is 9.59 Å². The summed E-state index contributed by atoms with van der Waals surface area (Å²) in [7, 11) is 3.04. The van der Waals surface area contributed by atoms with Crippen molar-refractivity contribution in [3.05, 3.63) is 59.3 Å². The van der Waals surface area contributed by atoms with Crippen LogP contribution in [0.15, 0.2) is 48.2 Å². The Morgan fingerprint density at radius 3 is 2.39 bits per heavy atom. The molecule has 0 saturated carbocycles. The molecule has 0 aromatic heterocycles. The Balaban J connectivity index is 2.02. The van der Waals surface area contributed by atoms with Gasteiger partial charge in [-0.05, 0) is 48.7 Å². The topological polar surface area (TPSA) is 67.9 Å². The molecule has 1 aliphatic heterocycles. The van der Waals surface area contributed by atoms with Crippen LogP contribution < -0.4 is 14.8 Å². The fourth-order valence-corrected chi connectivity index (χ4v) is 3.02. The lowest BCUT2D eigenvalue weighted by molar-refractivity contribution is -0.135. The van der Waals surface area contributed by atoms with Crippen LogP contribution in [-0.4, -0.2) is 37.5 Å². The number of methoxy groups -OCH3 is 1. The smallest absolute Gasteiger partial charge is 0.277 e. The van der Waals surface area contributed by atoms with Crippen molar-refractivity contribution in [3.8, 4) is 11.5 Å². The van der Waals surface area contributed by atoms with Crippen LogP contribution in [0, 0.1) is 6.92 Å². The summed E-state index contributed by atoms with van der Waals surface area (Å²) in [4.78, 5) is 26.6. The SMILES string of the molecule is CCCOc1ccc(C2=C(Nc3cc(C)ccc3OC)C(=O)N(C)C2=O)cc1. The number of likely N-dealkylation sites (N-methyl/N-ethyl adjacent to an activating group) is 1. The summed E-state index contributed by atoms with van der Waals surface area (Å²) in [6, 6.07) is 12.8. The van der Waals surface area contributed by atoms with Crippen molar-refractivity contribution in [2.24, 2.45) is 0 Å². The Hall–Kier alpha value is -3.28. The van der Waals surface area contributed by atoms with Crippen molar-refractivity contribution in [2.45, 2.75) is 20.3 Å². The van der Waals surface area contributed by atoms with Crippen LogP contribution in [0.3, 0.4) is 0 Å². The molecule has 28 heavy (non-hydrogen) atoms. The third kappa shape index (κ3) is 3.71. The Morgan fingerprint density at radius 2 is 1.75 bits per heavy atom. The molecule has 2 aromatic rings. The van der Waals surface area contributed by atoms with Gasteiger partial charge < -0.3 is 14.8 Å². The molecular formula is C22H24N2O4. The van der Waals surface area contributed by atoms with Crippen LogP contribution in [0.4, 0.5) is 5.69 Å². The molecule has 0 fully saturated rings. The highest BCUT2D eigenvalue weighted by molar-refractivity contribution is 6.36. The van der Waals surface area contributed by atoms with Gasteiger partial charge in [-0.3, -0.25) is 14.5 Å². The number of nitrogens with one attached hydrogen (secondary N) is 1. The molecule has 0 unspecified atom stereocenters. The summed E-state index contributed by atoms with van der Waals surface area (Å²) in [5, 5.41) is 3.12. The number of hydrogen-bond donors (Lipinski definition) is 1. The van der Waals surface area contributed by atoms with Gasteiger partial charge in [0.1, 0.15) is 17.2 Å². The molecule has 0 spiro atoms. The third-order valence-corrected chi connectivity index (χ3v) is 4.52. The first-order valence-electron chi connectivity index (χ1n) is 9.17. The largest absolute Gasteiger partial charge is 0.495 e. The van der Waals surface area contributed by atoms with Gasteiger partial charge in [0.25, 0.3) is 11.8 Å².